The molecule has 0 N–H and O–H groups in total. The Balaban J connectivity index is 1.27. The molecule has 4 aromatic carbocycles. The monoisotopic (exact) mass is 708 g/mol. The van der Waals surface area contributed by atoms with Crippen molar-refractivity contribution in [3.05, 3.63) is 168 Å². The molecule has 2 fully saturated rings. The molecule has 0 bridgehead atoms. The predicted octanol–water partition coefficient (Wildman–Crippen LogP) is 9.04. The van der Waals surface area contributed by atoms with Crippen LogP contribution in [-0.4, -0.2) is 48.6 Å². The van der Waals surface area contributed by atoms with Crippen LogP contribution in [0.15, 0.2) is 144 Å². The topological polar surface area (TPSA) is 59.3 Å². The van der Waals surface area contributed by atoms with E-state index in [0.29, 0.717) is 33.0 Å². The zero-order valence-corrected chi connectivity index (χ0v) is 29.7. The van der Waals surface area contributed by atoms with E-state index in [9.17, 15) is 0 Å². The second-order valence-corrected chi connectivity index (χ2v) is 15.5. The molecule has 0 aliphatic carbocycles. The van der Waals surface area contributed by atoms with Gasteiger partial charge in [0.1, 0.15) is 40.4 Å². The van der Waals surface area contributed by atoms with Crippen LogP contribution in [0.2, 0.25) is 0 Å². The third-order valence-corrected chi connectivity index (χ3v) is 12.5. The van der Waals surface area contributed by atoms with Crippen LogP contribution in [0.25, 0.3) is 0 Å². The molecule has 0 spiro atoms. The number of furan rings is 1. The summed E-state index contributed by atoms with van der Waals surface area (Å²) in [4.78, 5) is 0. The van der Waals surface area contributed by atoms with E-state index < -0.39 is 34.6 Å². The largest absolute Gasteiger partial charge is 0.467 e. The van der Waals surface area contributed by atoms with E-state index in [1.807, 2.05) is 102 Å². The van der Waals surface area contributed by atoms with Gasteiger partial charge in [0.2, 0.25) is 0 Å². The van der Waals surface area contributed by atoms with E-state index in [1.165, 1.54) is 0 Å². The zero-order chi connectivity index (χ0) is 33.9. The van der Waals surface area contributed by atoms with Crippen molar-refractivity contribution in [2.75, 3.05) is 18.1 Å². The van der Waals surface area contributed by atoms with Crippen molar-refractivity contribution in [1.29, 1.82) is 0 Å². The van der Waals surface area contributed by atoms with E-state index >= 15 is 0 Å². The van der Waals surface area contributed by atoms with Crippen molar-refractivity contribution in [2.24, 2.45) is 0 Å². The van der Waals surface area contributed by atoms with Gasteiger partial charge >= 0.3 is 0 Å². The van der Waals surface area contributed by atoms with Crippen molar-refractivity contribution in [3.8, 4) is 0 Å². The average molecular weight is 709 g/mol. The Kier molecular flexibility index (Phi) is 12.4. The van der Waals surface area contributed by atoms with Gasteiger partial charge in [0.25, 0.3) is 0 Å². The number of hydrogen-bond donors (Lipinski definition) is 0. The summed E-state index contributed by atoms with van der Waals surface area (Å²) < 4.78 is 40.4. The maximum Gasteiger partial charge on any atom is 0.148 e. The Morgan fingerprint density at radius 3 is 1.52 bits per heavy atom. The van der Waals surface area contributed by atoms with Gasteiger partial charge < -0.3 is 28.1 Å². The lowest BCUT2D eigenvalue weighted by molar-refractivity contribution is -0.275. The zero-order valence-electron chi connectivity index (χ0n) is 28.1. The first kappa shape index (κ1) is 35.1. The van der Waals surface area contributed by atoms with Crippen LogP contribution in [0.4, 0.5) is 0 Å². The molecule has 50 heavy (non-hydrogen) atoms. The maximum atomic E-state index is 7.32. The summed E-state index contributed by atoms with van der Waals surface area (Å²) in [6.45, 7) is 2.00. The van der Waals surface area contributed by atoms with Crippen LogP contribution in [-0.2, 0) is 54.2 Å². The highest BCUT2D eigenvalue weighted by Crippen LogP contribution is 2.56. The van der Waals surface area contributed by atoms with E-state index in [0.717, 1.165) is 45.9 Å². The second kappa shape index (κ2) is 17.7. The Bertz CT molecular complexity index is 1670. The van der Waals surface area contributed by atoms with Crippen molar-refractivity contribution in [1.82, 2.24) is 0 Å². The lowest BCUT2D eigenvalue weighted by Crippen LogP contribution is -2.65. The summed E-state index contributed by atoms with van der Waals surface area (Å²) in [5.74, 6) is 2.84. The first-order valence-electron chi connectivity index (χ1n) is 17.3. The lowest BCUT2D eigenvalue weighted by atomic mass is 9.91. The number of rotatable bonds is 15. The smallest absolute Gasteiger partial charge is 0.148 e. The van der Waals surface area contributed by atoms with Gasteiger partial charge in [-0.15, -0.1) is 23.5 Å². The minimum Gasteiger partial charge on any atom is -0.467 e. The van der Waals surface area contributed by atoms with Gasteiger partial charge in [0, 0.05) is 0 Å². The Hall–Kier alpha value is -3.34. The second-order valence-electron chi connectivity index (χ2n) is 12.6. The molecular formula is C42H44O6S2. The van der Waals surface area contributed by atoms with Gasteiger partial charge in [-0.05, 0) is 52.3 Å². The third-order valence-electron chi connectivity index (χ3n) is 9.04. The highest BCUT2D eigenvalue weighted by Gasteiger charge is 2.58. The highest BCUT2D eigenvalue weighted by molar-refractivity contribution is 8.18. The first-order valence-corrected chi connectivity index (χ1v) is 19.3. The molecule has 6 nitrogen and oxygen atoms in total. The molecule has 260 valence electrons. The Morgan fingerprint density at radius 1 is 0.540 bits per heavy atom. The minimum atomic E-state index is -0.556. The van der Waals surface area contributed by atoms with Gasteiger partial charge in [0.15, 0.2) is 0 Å². The van der Waals surface area contributed by atoms with Crippen molar-refractivity contribution in [3.63, 3.8) is 0 Å². The van der Waals surface area contributed by atoms with Crippen molar-refractivity contribution >= 4 is 23.5 Å². The van der Waals surface area contributed by atoms with Gasteiger partial charge in [-0.3, -0.25) is 0 Å². The van der Waals surface area contributed by atoms with Crippen LogP contribution in [0.3, 0.4) is 0 Å². The summed E-state index contributed by atoms with van der Waals surface area (Å²) in [6.07, 6.45) is 0.523. The van der Waals surface area contributed by atoms with Gasteiger partial charge in [-0.2, -0.15) is 0 Å². The van der Waals surface area contributed by atoms with E-state index in [1.54, 1.807) is 6.26 Å². The summed E-state index contributed by atoms with van der Waals surface area (Å²) in [7, 11) is 0. The van der Waals surface area contributed by atoms with Crippen LogP contribution in [0.5, 0.6) is 0 Å². The Morgan fingerprint density at radius 2 is 1.02 bits per heavy atom. The van der Waals surface area contributed by atoms with E-state index in [4.69, 9.17) is 28.1 Å². The van der Waals surface area contributed by atoms with Crippen molar-refractivity contribution < 1.29 is 28.1 Å². The molecule has 5 aromatic rings. The fourth-order valence-corrected chi connectivity index (χ4v) is 9.99. The standard InChI is InChI=1S/C42H44O6S2/c1-5-15-32(16-6-1)27-43-31-36-38(45-28-33-17-7-2-8-18-33)39(46-29-34-19-9-3-10-20-34)40(47-30-35-21-11-4-12-22-35)41(48-36)42(37-23-13-24-44-37)49-25-14-26-50-42/h1-13,15-24,36,38-41H,14,25-31H2/t36?,38-,39?,40?,41+/m0/s1. The van der Waals surface area contributed by atoms with Crippen LogP contribution in [0, 0.1) is 0 Å². The molecule has 2 aliphatic rings. The molecule has 2 saturated heterocycles. The number of thioether (sulfide) groups is 2. The summed E-state index contributed by atoms with van der Waals surface area (Å²) in [5, 5.41) is 0. The summed E-state index contributed by atoms with van der Waals surface area (Å²) in [5.41, 5.74) is 4.35. The van der Waals surface area contributed by atoms with Gasteiger partial charge in [-0.1, -0.05) is 121 Å². The predicted molar refractivity (Wildman–Crippen MR) is 200 cm³/mol. The fraction of sp³-hybridized carbons (Fsp3) is 0.333. The Labute approximate surface area is 303 Å². The molecule has 0 saturated carbocycles. The average Bonchev–Trinajstić information content (AvgIpc) is 3.74. The van der Waals surface area contributed by atoms with E-state index in [2.05, 4.69) is 54.6 Å². The molecule has 8 heteroatoms. The molecule has 3 heterocycles. The minimum absolute atomic E-state index is 0.324. The van der Waals surface area contributed by atoms with E-state index in [-0.39, 0.29) is 0 Å². The lowest BCUT2D eigenvalue weighted by Gasteiger charge is -2.52. The first-order chi connectivity index (χ1) is 24.8. The van der Waals surface area contributed by atoms with Gasteiger partial charge in [0.05, 0.1) is 39.3 Å². The maximum absolute atomic E-state index is 7.32. The summed E-state index contributed by atoms with van der Waals surface area (Å²) in [6, 6.07) is 45.1. The van der Waals surface area contributed by atoms with Crippen molar-refractivity contribution in [2.45, 2.75) is 67.4 Å². The van der Waals surface area contributed by atoms with Gasteiger partial charge in [-0.25, -0.2) is 0 Å². The highest BCUT2D eigenvalue weighted by atomic mass is 32.2. The molecule has 1 aromatic heterocycles. The molecule has 5 atom stereocenters. The molecule has 2 aliphatic heterocycles. The number of hydrogen-bond acceptors (Lipinski definition) is 8. The quantitative estimate of drug-likeness (QED) is 0.107. The van der Waals surface area contributed by atoms with Crippen LogP contribution in [0.1, 0.15) is 34.4 Å². The van der Waals surface area contributed by atoms with Crippen LogP contribution >= 0.6 is 23.5 Å². The molecule has 7 rings (SSSR count). The molecular weight excluding hydrogens is 665 g/mol. The fourth-order valence-electron chi connectivity index (χ4n) is 6.57. The third kappa shape index (κ3) is 8.75. The molecule has 3 unspecified atom stereocenters. The number of ether oxygens (including phenoxy) is 5. The summed E-state index contributed by atoms with van der Waals surface area (Å²) >= 11 is 3.76. The molecule has 0 radical (unpaired) electrons. The SMILES string of the molecule is c1ccc(COCC2O[C@@H](C3(c4ccco4)SCCCS3)C(OCc3ccccc3)C(OCc3ccccc3)[C@H]2OCc2ccccc2)cc1. The molecule has 0 amide bonds. The van der Waals surface area contributed by atoms with Crippen LogP contribution < -0.4 is 0 Å². The normalized spacial score (nSPS) is 23.4. The number of benzene rings is 4.